The molecule has 0 N–H and O–H groups in total. The van der Waals surface area contributed by atoms with E-state index in [1.54, 1.807) is 0 Å². The van der Waals surface area contributed by atoms with Gasteiger partial charge in [0.15, 0.2) is 6.10 Å². The van der Waals surface area contributed by atoms with Gasteiger partial charge in [0, 0.05) is 5.56 Å². The summed E-state index contributed by atoms with van der Waals surface area (Å²) >= 11 is 5.84. The lowest BCUT2D eigenvalue weighted by Crippen LogP contribution is -2.27. The number of halogens is 1. The minimum absolute atomic E-state index is 0.0293. The van der Waals surface area contributed by atoms with Crippen LogP contribution in [-0.4, -0.2) is 11.3 Å². The van der Waals surface area contributed by atoms with Crippen molar-refractivity contribution < 1.29 is 9.53 Å². The maximum Gasteiger partial charge on any atom is 0.262 e. The Morgan fingerprint density at radius 1 is 1.04 bits per heavy atom. The molecule has 0 saturated carbocycles. The second-order valence-electron chi connectivity index (χ2n) is 8.59. The van der Waals surface area contributed by atoms with Crippen LogP contribution >= 0.6 is 11.6 Å². The fourth-order valence-corrected chi connectivity index (χ4v) is 3.08. The van der Waals surface area contributed by atoms with Crippen molar-refractivity contribution in [3.63, 3.8) is 0 Å². The van der Waals surface area contributed by atoms with E-state index in [0.29, 0.717) is 6.42 Å². The molecule has 0 aliphatic carbocycles. The summed E-state index contributed by atoms with van der Waals surface area (Å²) in [5, 5.41) is -0.403. The topological polar surface area (TPSA) is 26.3 Å². The van der Waals surface area contributed by atoms with Crippen molar-refractivity contribution in [2.75, 3.05) is 0 Å². The van der Waals surface area contributed by atoms with Crippen molar-refractivity contribution in [1.29, 1.82) is 0 Å². The summed E-state index contributed by atoms with van der Waals surface area (Å²) in [5.41, 5.74) is 2.55. The van der Waals surface area contributed by atoms with Gasteiger partial charge in [-0.05, 0) is 59.7 Å². The molecular formula is C23H37ClO2. The van der Waals surface area contributed by atoms with Crippen molar-refractivity contribution in [1.82, 2.24) is 0 Å². The van der Waals surface area contributed by atoms with E-state index >= 15 is 0 Å². The van der Waals surface area contributed by atoms with Gasteiger partial charge in [-0.3, -0.25) is 4.79 Å². The smallest absolute Gasteiger partial charge is 0.262 e. The Kier molecular flexibility index (Phi) is 8.66. The van der Waals surface area contributed by atoms with Gasteiger partial charge in [0.25, 0.3) is 5.24 Å². The molecule has 0 amide bonds. The van der Waals surface area contributed by atoms with Gasteiger partial charge in [-0.2, -0.15) is 0 Å². The number of carbonyl (C=O) groups is 1. The highest BCUT2D eigenvalue weighted by molar-refractivity contribution is 6.64. The van der Waals surface area contributed by atoms with Crippen LogP contribution in [0.3, 0.4) is 0 Å². The molecule has 0 aliphatic heterocycles. The monoisotopic (exact) mass is 380 g/mol. The Morgan fingerprint density at radius 3 is 2.15 bits per heavy atom. The Hall–Kier alpha value is -1.02. The molecule has 26 heavy (non-hydrogen) atoms. The lowest BCUT2D eigenvalue weighted by molar-refractivity contribution is -0.118. The number of benzene rings is 1. The van der Waals surface area contributed by atoms with Gasteiger partial charge in [-0.1, -0.05) is 73.4 Å². The molecule has 1 aromatic rings. The molecule has 0 spiro atoms. The van der Waals surface area contributed by atoms with E-state index in [1.807, 2.05) is 6.07 Å². The van der Waals surface area contributed by atoms with Gasteiger partial charge >= 0.3 is 0 Å². The first-order valence-corrected chi connectivity index (χ1v) is 10.5. The number of unbranched alkanes of at least 4 members (excludes halogenated alkanes) is 2. The molecule has 2 nitrogen and oxygen atoms in total. The molecule has 1 unspecified atom stereocenters. The van der Waals surface area contributed by atoms with Gasteiger partial charge in [0.1, 0.15) is 5.75 Å². The maximum atomic E-state index is 11.9. The van der Waals surface area contributed by atoms with Crippen molar-refractivity contribution in [3.05, 3.63) is 29.3 Å². The van der Waals surface area contributed by atoms with Gasteiger partial charge in [0.2, 0.25) is 0 Å². The molecular weight excluding hydrogens is 344 g/mol. The highest BCUT2D eigenvalue weighted by atomic mass is 35.5. The summed E-state index contributed by atoms with van der Waals surface area (Å²) in [4.78, 5) is 11.9. The van der Waals surface area contributed by atoms with Gasteiger partial charge < -0.3 is 4.74 Å². The van der Waals surface area contributed by atoms with E-state index in [-0.39, 0.29) is 10.8 Å². The lowest BCUT2D eigenvalue weighted by atomic mass is 9.76. The van der Waals surface area contributed by atoms with Crippen LogP contribution in [-0.2, 0) is 15.6 Å². The SMILES string of the molecule is CCCCCC(Oc1ccc(C(C)(C)CC)cc1C(C)(C)CC)C(=O)Cl. The molecule has 1 rings (SSSR count). The fourth-order valence-electron chi connectivity index (χ4n) is 2.93. The van der Waals surface area contributed by atoms with Crippen LogP contribution in [0.15, 0.2) is 18.2 Å². The van der Waals surface area contributed by atoms with Crippen LogP contribution in [0.2, 0.25) is 0 Å². The molecule has 1 atom stereocenters. The second kappa shape index (κ2) is 9.78. The van der Waals surface area contributed by atoms with Gasteiger partial charge in [-0.15, -0.1) is 0 Å². The third-order valence-electron chi connectivity index (χ3n) is 5.85. The van der Waals surface area contributed by atoms with E-state index in [4.69, 9.17) is 16.3 Å². The van der Waals surface area contributed by atoms with Crippen LogP contribution in [0.5, 0.6) is 5.75 Å². The normalized spacial score (nSPS) is 13.5. The zero-order valence-electron chi connectivity index (χ0n) is 17.7. The molecule has 3 heteroatoms. The molecule has 0 aliphatic rings. The summed E-state index contributed by atoms with van der Waals surface area (Å²) in [6.07, 6.45) is 5.31. The summed E-state index contributed by atoms with van der Waals surface area (Å²) in [6.45, 7) is 15.5. The number of hydrogen-bond donors (Lipinski definition) is 0. The third-order valence-corrected chi connectivity index (χ3v) is 6.09. The van der Waals surface area contributed by atoms with E-state index in [0.717, 1.165) is 43.4 Å². The highest BCUT2D eigenvalue weighted by Gasteiger charge is 2.28. The number of ether oxygens (including phenoxy) is 1. The Labute approximate surface area is 165 Å². The Morgan fingerprint density at radius 2 is 1.65 bits per heavy atom. The first-order valence-electron chi connectivity index (χ1n) is 10.1. The van der Waals surface area contributed by atoms with Crippen LogP contribution in [0.4, 0.5) is 0 Å². The molecule has 0 fully saturated rings. The molecule has 0 saturated heterocycles. The minimum atomic E-state index is -0.570. The largest absolute Gasteiger partial charge is 0.481 e. The van der Waals surface area contributed by atoms with E-state index < -0.39 is 11.3 Å². The predicted molar refractivity (Wildman–Crippen MR) is 112 cm³/mol. The highest BCUT2D eigenvalue weighted by Crippen LogP contribution is 2.39. The summed E-state index contributed by atoms with van der Waals surface area (Å²) in [6, 6.07) is 6.44. The standard InChI is InChI=1S/C23H37ClO2/c1-8-11-12-13-20(21(24)25)26-19-15-14-17(22(4,5)9-2)16-18(19)23(6,7)10-3/h14-16,20H,8-13H2,1-7H3. The zero-order chi connectivity index (χ0) is 20.0. The summed E-state index contributed by atoms with van der Waals surface area (Å²) in [5.74, 6) is 0.794. The Balaban J connectivity index is 3.25. The summed E-state index contributed by atoms with van der Waals surface area (Å²) < 4.78 is 6.16. The number of hydrogen-bond acceptors (Lipinski definition) is 2. The van der Waals surface area contributed by atoms with E-state index in [9.17, 15) is 4.79 Å². The Bertz CT molecular complexity index is 590. The van der Waals surface area contributed by atoms with Crippen molar-refractivity contribution in [2.45, 2.75) is 104 Å². The van der Waals surface area contributed by atoms with Gasteiger partial charge in [-0.25, -0.2) is 0 Å². The van der Waals surface area contributed by atoms with Crippen LogP contribution in [0.25, 0.3) is 0 Å². The molecule has 0 heterocycles. The molecule has 148 valence electrons. The van der Waals surface area contributed by atoms with Crippen LogP contribution in [0, 0.1) is 0 Å². The number of rotatable bonds is 11. The lowest BCUT2D eigenvalue weighted by Gasteiger charge is -2.31. The first kappa shape index (κ1) is 23.0. The minimum Gasteiger partial charge on any atom is -0.481 e. The van der Waals surface area contributed by atoms with Crippen molar-refractivity contribution in [3.8, 4) is 5.75 Å². The molecule has 1 aromatic carbocycles. The van der Waals surface area contributed by atoms with Crippen LogP contribution in [0.1, 0.15) is 98.1 Å². The summed E-state index contributed by atoms with van der Waals surface area (Å²) in [7, 11) is 0. The second-order valence-corrected chi connectivity index (χ2v) is 8.96. The quantitative estimate of drug-likeness (QED) is 0.301. The van der Waals surface area contributed by atoms with E-state index in [2.05, 4.69) is 60.6 Å². The zero-order valence-corrected chi connectivity index (χ0v) is 18.5. The molecule has 0 radical (unpaired) electrons. The van der Waals surface area contributed by atoms with Gasteiger partial charge in [0.05, 0.1) is 0 Å². The van der Waals surface area contributed by atoms with Crippen LogP contribution < -0.4 is 4.74 Å². The van der Waals surface area contributed by atoms with Crippen molar-refractivity contribution in [2.24, 2.45) is 0 Å². The predicted octanol–water partition coefficient (Wildman–Crippen LogP) is 7.15. The fraction of sp³-hybridized carbons (Fsp3) is 0.696. The molecule has 0 aromatic heterocycles. The van der Waals surface area contributed by atoms with Crippen molar-refractivity contribution >= 4 is 16.8 Å². The average molecular weight is 381 g/mol. The first-order chi connectivity index (χ1) is 12.1. The third kappa shape index (κ3) is 6.01. The maximum absolute atomic E-state index is 11.9. The molecule has 0 bridgehead atoms. The average Bonchev–Trinajstić information content (AvgIpc) is 2.60. The number of carbonyl (C=O) groups excluding carboxylic acids is 1. The van der Waals surface area contributed by atoms with E-state index in [1.165, 1.54) is 5.56 Å².